The van der Waals surface area contributed by atoms with Gasteiger partial charge in [-0.3, -0.25) is 9.59 Å². The lowest BCUT2D eigenvalue weighted by Crippen LogP contribution is -2.44. The van der Waals surface area contributed by atoms with Crippen LogP contribution in [0, 0.1) is 11.3 Å². The number of carbonyl (C=O) groups excluding carboxylic acids is 2. The summed E-state index contributed by atoms with van der Waals surface area (Å²) in [7, 11) is 0. The maximum Gasteiger partial charge on any atom is 0.257 e. The van der Waals surface area contributed by atoms with Crippen molar-refractivity contribution in [3.63, 3.8) is 0 Å². The zero-order valence-corrected chi connectivity index (χ0v) is 17.9. The smallest absolute Gasteiger partial charge is 0.257 e. The number of aliphatic hydroxyl groups excluding tert-OH is 1. The molecule has 164 valence electrons. The van der Waals surface area contributed by atoms with E-state index in [-0.39, 0.29) is 23.8 Å². The van der Waals surface area contributed by atoms with Crippen molar-refractivity contribution in [1.82, 2.24) is 9.80 Å². The van der Waals surface area contributed by atoms with E-state index in [4.69, 9.17) is 4.74 Å². The number of aliphatic hydroxyl groups is 1. The molecule has 1 saturated carbocycles. The molecule has 1 aromatic carbocycles. The minimum absolute atomic E-state index is 0.00585. The third-order valence-corrected chi connectivity index (χ3v) is 7.08. The van der Waals surface area contributed by atoms with Crippen molar-refractivity contribution in [2.45, 2.75) is 51.4 Å². The Morgan fingerprint density at radius 2 is 1.83 bits per heavy atom. The van der Waals surface area contributed by atoms with Gasteiger partial charge < -0.3 is 19.6 Å². The number of benzene rings is 1. The minimum Gasteiger partial charge on any atom is -0.491 e. The lowest BCUT2D eigenvalue weighted by molar-refractivity contribution is -0.132. The average molecular weight is 415 g/mol. The number of carbonyl (C=O) groups is 2. The van der Waals surface area contributed by atoms with Gasteiger partial charge in [0.2, 0.25) is 5.91 Å². The SMILES string of the molecule is O=C(CC1CC1)N1CCCCC2(CO)CCN(CC2)C(=O)c2ccccc2OCC1. The van der Waals surface area contributed by atoms with Crippen LogP contribution in [0.4, 0.5) is 0 Å². The maximum atomic E-state index is 13.1. The molecule has 3 aliphatic heterocycles. The standard InChI is InChI=1S/C24H34N2O4/c27-18-24-9-3-4-12-25(22(28)17-19-7-8-19)15-16-30-21-6-2-1-5-20(21)23(29)26(13-10-24)14-11-24/h1-2,5-6,19,27H,3-4,7-18H2. The van der Waals surface area contributed by atoms with Crippen LogP contribution in [0.2, 0.25) is 0 Å². The maximum absolute atomic E-state index is 13.1. The van der Waals surface area contributed by atoms with Gasteiger partial charge in [-0.25, -0.2) is 0 Å². The third kappa shape index (κ3) is 4.97. The molecule has 0 unspecified atom stereocenters. The van der Waals surface area contributed by atoms with Gasteiger partial charge in [0.25, 0.3) is 5.91 Å². The van der Waals surface area contributed by atoms with Crippen molar-refractivity contribution in [3.05, 3.63) is 29.8 Å². The highest BCUT2D eigenvalue weighted by atomic mass is 16.5. The Balaban J connectivity index is 1.52. The van der Waals surface area contributed by atoms with E-state index in [0.717, 1.165) is 38.6 Å². The highest BCUT2D eigenvalue weighted by Crippen LogP contribution is 2.37. The van der Waals surface area contributed by atoms with Crippen molar-refractivity contribution in [2.75, 3.05) is 39.4 Å². The highest BCUT2D eigenvalue weighted by molar-refractivity contribution is 5.97. The van der Waals surface area contributed by atoms with Gasteiger partial charge in [0.1, 0.15) is 12.4 Å². The average Bonchev–Trinajstić information content (AvgIpc) is 3.59. The molecule has 2 fully saturated rings. The summed E-state index contributed by atoms with van der Waals surface area (Å²) < 4.78 is 6.00. The first-order valence-electron chi connectivity index (χ1n) is 11.5. The second-order valence-electron chi connectivity index (χ2n) is 9.28. The molecule has 5 rings (SSSR count). The van der Waals surface area contributed by atoms with Gasteiger partial charge in [-0.2, -0.15) is 0 Å². The van der Waals surface area contributed by atoms with E-state index < -0.39 is 0 Å². The van der Waals surface area contributed by atoms with Crippen LogP contribution < -0.4 is 4.74 Å². The third-order valence-electron chi connectivity index (χ3n) is 7.08. The van der Waals surface area contributed by atoms with Gasteiger partial charge in [-0.1, -0.05) is 18.6 Å². The Labute approximate surface area is 179 Å². The van der Waals surface area contributed by atoms with Crippen LogP contribution in [0.3, 0.4) is 0 Å². The van der Waals surface area contributed by atoms with Gasteiger partial charge in [-0.05, 0) is 62.0 Å². The van der Waals surface area contributed by atoms with Crippen molar-refractivity contribution >= 4 is 11.8 Å². The second-order valence-corrected chi connectivity index (χ2v) is 9.28. The van der Waals surface area contributed by atoms with Gasteiger partial charge in [-0.15, -0.1) is 0 Å². The molecule has 6 nitrogen and oxygen atoms in total. The lowest BCUT2D eigenvalue weighted by Gasteiger charge is -2.41. The predicted octanol–water partition coefficient (Wildman–Crippen LogP) is 3.09. The van der Waals surface area contributed by atoms with Crippen molar-refractivity contribution in [1.29, 1.82) is 0 Å². The molecule has 0 atom stereocenters. The summed E-state index contributed by atoms with van der Waals surface area (Å²) in [6.07, 6.45) is 7.50. The molecule has 0 aromatic heterocycles. The van der Waals surface area contributed by atoms with Crippen molar-refractivity contribution in [2.24, 2.45) is 11.3 Å². The number of hydrogen-bond donors (Lipinski definition) is 1. The molecule has 30 heavy (non-hydrogen) atoms. The van der Waals surface area contributed by atoms with Gasteiger partial charge >= 0.3 is 0 Å². The summed E-state index contributed by atoms with van der Waals surface area (Å²) in [6, 6.07) is 7.40. The van der Waals surface area contributed by atoms with Crippen LogP contribution in [0.25, 0.3) is 0 Å². The Kier molecular flexibility index (Phi) is 6.61. The van der Waals surface area contributed by atoms with Crippen LogP contribution in [0.15, 0.2) is 24.3 Å². The number of rotatable bonds is 3. The number of para-hydroxylation sites is 1. The van der Waals surface area contributed by atoms with Crippen LogP contribution in [-0.4, -0.2) is 66.1 Å². The monoisotopic (exact) mass is 414 g/mol. The second kappa shape index (κ2) is 9.38. The molecule has 6 heteroatoms. The summed E-state index contributed by atoms with van der Waals surface area (Å²) in [6.45, 7) is 3.17. The molecule has 4 aliphatic rings. The van der Waals surface area contributed by atoms with Crippen LogP contribution in [-0.2, 0) is 4.79 Å². The van der Waals surface area contributed by atoms with Gasteiger partial charge in [0.05, 0.1) is 12.1 Å². The molecule has 0 spiro atoms. The first-order valence-corrected chi connectivity index (χ1v) is 11.5. The number of nitrogens with zero attached hydrogens (tertiary/aromatic N) is 2. The number of ether oxygens (including phenoxy) is 1. The Morgan fingerprint density at radius 1 is 1.07 bits per heavy atom. The first kappa shape index (κ1) is 21.2. The molecule has 1 N–H and O–H groups in total. The van der Waals surface area contributed by atoms with E-state index in [0.29, 0.717) is 49.9 Å². The molecule has 2 bridgehead atoms. The zero-order valence-electron chi connectivity index (χ0n) is 17.9. The van der Waals surface area contributed by atoms with E-state index in [1.807, 2.05) is 34.1 Å². The van der Waals surface area contributed by atoms with E-state index >= 15 is 0 Å². The molecule has 2 amide bonds. The van der Waals surface area contributed by atoms with Crippen molar-refractivity contribution < 1.29 is 19.4 Å². The largest absolute Gasteiger partial charge is 0.491 e. The first-order chi connectivity index (χ1) is 14.6. The van der Waals surface area contributed by atoms with Crippen LogP contribution in [0.5, 0.6) is 5.75 Å². The van der Waals surface area contributed by atoms with Crippen LogP contribution in [0.1, 0.15) is 61.7 Å². The lowest BCUT2D eigenvalue weighted by atomic mass is 9.75. The zero-order chi connectivity index (χ0) is 21.0. The number of piperidine rings is 1. The predicted molar refractivity (Wildman–Crippen MR) is 114 cm³/mol. The van der Waals surface area contributed by atoms with Crippen LogP contribution >= 0.6 is 0 Å². The molecular weight excluding hydrogens is 380 g/mol. The summed E-state index contributed by atoms with van der Waals surface area (Å²) in [5.41, 5.74) is 0.482. The molecule has 0 radical (unpaired) electrons. The Bertz CT molecular complexity index is 753. The fourth-order valence-electron chi connectivity index (χ4n) is 4.74. The minimum atomic E-state index is -0.101. The van der Waals surface area contributed by atoms with E-state index in [9.17, 15) is 14.7 Å². The van der Waals surface area contributed by atoms with E-state index in [2.05, 4.69) is 0 Å². The fourth-order valence-corrected chi connectivity index (χ4v) is 4.74. The molecule has 1 aliphatic carbocycles. The van der Waals surface area contributed by atoms with Crippen molar-refractivity contribution in [3.8, 4) is 5.75 Å². The molecule has 3 heterocycles. The normalized spacial score (nSPS) is 22.6. The summed E-state index contributed by atoms with van der Waals surface area (Å²) >= 11 is 0. The number of amides is 2. The quantitative estimate of drug-likeness (QED) is 0.825. The molecule has 1 aromatic rings. The fraction of sp³-hybridized carbons (Fsp3) is 0.667. The summed E-state index contributed by atoms with van der Waals surface area (Å²) in [5, 5.41) is 10.1. The number of hydrogen-bond acceptors (Lipinski definition) is 4. The van der Waals surface area contributed by atoms with Gasteiger partial charge in [0.15, 0.2) is 0 Å². The highest BCUT2D eigenvalue weighted by Gasteiger charge is 2.36. The summed E-state index contributed by atoms with van der Waals surface area (Å²) in [4.78, 5) is 29.7. The number of fused-ring (bicyclic) bond motifs is 9. The van der Waals surface area contributed by atoms with E-state index in [1.165, 1.54) is 12.8 Å². The molecular formula is C24H34N2O4. The Hall–Kier alpha value is -2.08. The topological polar surface area (TPSA) is 70.1 Å². The summed E-state index contributed by atoms with van der Waals surface area (Å²) in [5.74, 6) is 1.37. The van der Waals surface area contributed by atoms with E-state index in [1.54, 1.807) is 0 Å². The Morgan fingerprint density at radius 3 is 2.57 bits per heavy atom. The molecule has 1 saturated heterocycles. The van der Waals surface area contributed by atoms with Gasteiger partial charge in [0, 0.05) is 32.7 Å².